The van der Waals surface area contributed by atoms with E-state index in [4.69, 9.17) is 5.73 Å². The third-order valence-corrected chi connectivity index (χ3v) is 4.40. The van der Waals surface area contributed by atoms with Crippen LogP contribution >= 0.6 is 12.4 Å². The summed E-state index contributed by atoms with van der Waals surface area (Å²) in [4.78, 5) is 12.4. The van der Waals surface area contributed by atoms with Gasteiger partial charge in [0, 0.05) is 5.92 Å². The van der Waals surface area contributed by atoms with Crippen LogP contribution in [0.1, 0.15) is 48.9 Å². The molecule has 0 aliphatic heterocycles. The number of halogens is 1. The second-order valence-corrected chi connectivity index (χ2v) is 6.18. The molecule has 2 rings (SSSR count). The maximum absolute atomic E-state index is 12.4. The van der Waals surface area contributed by atoms with E-state index in [0.717, 1.165) is 19.3 Å². The van der Waals surface area contributed by atoms with Gasteiger partial charge in [-0.2, -0.15) is 0 Å². The van der Waals surface area contributed by atoms with Gasteiger partial charge in [-0.05, 0) is 51.6 Å². The highest BCUT2D eigenvalue weighted by molar-refractivity contribution is 5.85. The smallest absolute Gasteiger partial charge is 0.223 e. The Morgan fingerprint density at radius 1 is 1.29 bits per heavy atom. The lowest BCUT2D eigenvalue weighted by Crippen LogP contribution is -2.36. The Balaban J connectivity index is 0.00000220. The summed E-state index contributed by atoms with van der Waals surface area (Å²) in [6.07, 6.45) is 3.19. The molecule has 1 saturated carbocycles. The van der Waals surface area contributed by atoms with E-state index in [2.05, 4.69) is 44.3 Å². The second kappa shape index (κ2) is 7.81. The molecule has 3 atom stereocenters. The van der Waals surface area contributed by atoms with E-state index in [1.54, 1.807) is 0 Å². The van der Waals surface area contributed by atoms with Crippen molar-refractivity contribution in [1.82, 2.24) is 5.32 Å². The summed E-state index contributed by atoms with van der Waals surface area (Å²) in [7, 11) is 0. The SMILES string of the molecule is Cc1cc(C)cc(C(C)NC(=O)[C@@H]2CCC[C@@H]2CN)c1.Cl. The van der Waals surface area contributed by atoms with Crippen LogP contribution in [0.25, 0.3) is 0 Å². The summed E-state index contributed by atoms with van der Waals surface area (Å²) in [6, 6.07) is 6.50. The lowest BCUT2D eigenvalue weighted by molar-refractivity contribution is -0.126. The van der Waals surface area contributed by atoms with Crippen molar-refractivity contribution in [2.24, 2.45) is 17.6 Å². The Labute approximate surface area is 134 Å². The molecule has 1 aromatic rings. The number of nitrogens with two attached hydrogens (primary N) is 1. The molecule has 1 unspecified atom stereocenters. The number of hydrogen-bond acceptors (Lipinski definition) is 2. The number of carbonyl (C=O) groups excluding carboxylic acids is 1. The van der Waals surface area contributed by atoms with Gasteiger partial charge >= 0.3 is 0 Å². The fourth-order valence-electron chi connectivity index (χ4n) is 3.33. The zero-order chi connectivity index (χ0) is 14.7. The van der Waals surface area contributed by atoms with Crippen LogP contribution in [-0.2, 0) is 4.79 Å². The van der Waals surface area contributed by atoms with Gasteiger partial charge in [0.05, 0.1) is 6.04 Å². The zero-order valence-electron chi connectivity index (χ0n) is 13.2. The van der Waals surface area contributed by atoms with Crippen molar-refractivity contribution in [3.63, 3.8) is 0 Å². The maximum atomic E-state index is 12.4. The Morgan fingerprint density at radius 2 is 1.90 bits per heavy atom. The molecule has 1 aliphatic carbocycles. The van der Waals surface area contributed by atoms with E-state index in [9.17, 15) is 4.79 Å². The van der Waals surface area contributed by atoms with Crippen molar-refractivity contribution in [3.05, 3.63) is 34.9 Å². The number of amides is 1. The van der Waals surface area contributed by atoms with Crippen molar-refractivity contribution in [2.45, 2.75) is 46.1 Å². The molecule has 0 saturated heterocycles. The Hall–Kier alpha value is -1.06. The molecule has 3 nitrogen and oxygen atoms in total. The predicted octanol–water partition coefficient (Wildman–Crippen LogP) is 3.28. The molecule has 0 heterocycles. The van der Waals surface area contributed by atoms with Gasteiger partial charge in [0.1, 0.15) is 0 Å². The molecule has 21 heavy (non-hydrogen) atoms. The van der Waals surface area contributed by atoms with Gasteiger partial charge in [0.2, 0.25) is 5.91 Å². The van der Waals surface area contributed by atoms with E-state index in [0.29, 0.717) is 12.5 Å². The van der Waals surface area contributed by atoms with Crippen molar-refractivity contribution >= 4 is 18.3 Å². The summed E-state index contributed by atoms with van der Waals surface area (Å²) in [5.74, 6) is 0.638. The summed E-state index contributed by atoms with van der Waals surface area (Å²) < 4.78 is 0. The minimum atomic E-state index is 0. The van der Waals surface area contributed by atoms with Gasteiger partial charge in [0.15, 0.2) is 0 Å². The number of carbonyl (C=O) groups is 1. The molecule has 1 aliphatic rings. The minimum Gasteiger partial charge on any atom is -0.349 e. The van der Waals surface area contributed by atoms with Crippen LogP contribution in [-0.4, -0.2) is 12.5 Å². The minimum absolute atomic E-state index is 0. The zero-order valence-corrected chi connectivity index (χ0v) is 14.0. The quantitative estimate of drug-likeness (QED) is 0.896. The first-order valence-electron chi connectivity index (χ1n) is 7.60. The number of benzene rings is 1. The Kier molecular flexibility index (Phi) is 6.69. The highest BCUT2D eigenvalue weighted by atomic mass is 35.5. The van der Waals surface area contributed by atoms with Crippen LogP contribution in [0.15, 0.2) is 18.2 Å². The van der Waals surface area contributed by atoms with Crippen LogP contribution in [0.2, 0.25) is 0 Å². The van der Waals surface area contributed by atoms with Crippen LogP contribution in [0, 0.1) is 25.7 Å². The Morgan fingerprint density at radius 3 is 2.48 bits per heavy atom. The monoisotopic (exact) mass is 310 g/mol. The van der Waals surface area contributed by atoms with Crippen molar-refractivity contribution in [2.75, 3.05) is 6.54 Å². The van der Waals surface area contributed by atoms with Gasteiger partial charge < -0.3 is 11.1 Å². The summed E-state index contributed by atoms with van der Waals surface area (Å²) in [6.45, 7) is 6.85. The van der Waals surface area contributed by atoms with Gasteiger partial charge in [-0.3, -0.25) is 4.79 Å². The van der Waals surface area contributed by atoms with E-state index in [1.807, 2.05) is 0 Å². The third-order valence-electron chi connectivity index (χ3n) is 4.40. The average molecular weight is 311 g/mol. The normalized spacial score (nSPS) is 22.5. The molecular weight excluding hydrogens is 284 g/mol. The Bertz CT molecular complexity index is 469. The largest absolute Gasteiger partial charge is 0.349 e. The first kappa shape index (κ1) is 18.0. The molecule has 1 aromatic carbocycles. The molecule has 1 fully saturated rings. The molecular formula is C17H27ClN2O. The molecule has 3 N–H and O–H groups in total. The highest BCUT2D eigenvalue weighted by Crippen LogP contribution is 2.31. The van der Waals surface area contributed by atoms with Gasteiger partial charge in [0.25, 0.3) is 0 Å². The molecule has 118 valence electrons. The van der Waals surface area contributed by atoms with Gasteiger partial charge in [-0.1, -0.05) is 35.7 Å². The fourth-order valence-corrected chi connectivity index (χ4v) is 3.33. The van der Waals surface area contributed by atoms with E-state index in [1.165, 1.54) is 16.7 Å². The van der Waals surface area contributed by atoms with Gasteiger partial charge in [-0.15, -0.1) is 12.4 Å². The molecule has 0 bridgehead atoms. The first-order valence-corrected chi connectivity index (χ1v) is 7.60. The standard InChI is InChI=1S/C17H26N2O.ClH/c1-11-7-12(2)9-15(8-11)13(3)19-17(20)16-6-4-5-14(16)10-18;/h7-9,13-14,16H,4-6,10,18H2,1-3H3,(H,19,20);1H/t13?,14-,16-;/m1./s1. The second-order valence-electron chi connectivity index (χ2n) is 6.18. The highest BCUT2D eigenvalue weighted by Gasteiger charge is 2.32. The molecule has 4 heteroatoms. The van der Waals surface area contributed by atoms with Crippen molar-refractivity contribution in [1.29, 1.82) is 0 Å². The maximum Gasteiger partial charge on any atom is 0.223 e. The predicted molar refractivity (Wildman–Crippen MR) is 89.6 cm³/mol. The summed E-state index contributed by atoms with van der Waals surface area (Å²) in [5.41, 5.74) is 9.42. The van der Waals surface area contributed by atoms with Gasteiger partial charge in [-0.25, -0.2) is 0 Å². The molecule has 0 radical (unpaired) electrons. The number of rotatable bonds is 4. The topological polar surface area (TPSA) is 55.1 Å². The first-order chi connectivity index (χ1) is 9.51. The number of aryl methyl sites for hydroxylation is 2. The fraction of sp³-hybridized carbons (Fsp3) is 0.588. The number of hydrogen-bond donors (Lipinski definition) is 2. The van der Waals surface area contributed by atoms with Crippen LogP contribution < -0.4 is 11.1 Å². The summed E-state index contributed by atoms with van der Waals surface area (Å²) in [5, 5.41) is 3.16. The van der Waals surface area contributed by atoms with E-state index in [-0.39, 0.29) is 30.3 Å². The van der Waals surface area contributed by atoms with Crippen LogP contribution in [0.4, 0.5) is 0 Å². The summed E-state index contributed by atoms with van der Waals surface area (Å²) >= 11 is 0. The van der Waals surface area contributed by atoms with Crippen LogP contribution in [0.5, 0.6) is 0 Å². The number of nitrogens with one attached hydrogen (secondary N) is 1. The van der Waals surface area contributed by atoms with Crippen molar-refractivity contribution in [3.8, 4) is 0 Å². The average Bonchev–Trinajstić information content (AvgIpc) is 2.85. The molecule has 0 aromatic heterocycles. The molecule has 1 amide bonds. The molecule has 0 spiro atoms. The lowest BCUT2D eigenvalue weighted by atomic mass is 9.94. The van der Waals surface area contributed by atoms with Crippen LogP contribution in [0.3, 0.4) is 0 Å². The lowest BCUT2D eigenvalue weighted by Gasteiger charge is -2.21. The van der Waals surface area contributed by atoms with E-state index < -0.39 is 0 Å². The van der Waals surface area contributed by atoms with E-state index >= 15 is 0 Å². The van der Waals surface area contributed by atoms with Crippen molar-refractivity contribution < 1.29 is 4.79 Å². The third kappa shape index (κ3) is 4.45.